The lowest BCUT2D eigenvalue weighted by Gasteiger charge is -2.26. The number of amides is 3. The molecule has 31 heavy (non-hydrogen) atoms. The number of imide groups is 1. The molecule has 3 aromatic carbocycles. The van der Waals surface area contributed by atoms with Gasteiger partial charge in [0.25, 0.3) is 5.91 Å². The molecule has 1 aliphatic heterocycles. The minimum Gasteiger partial charge on any atom is -0.489 e. The Bertz CT molecular complexity index is 1090. The van der Waals surface area contributed by atoms with E-state index in [-0.39, 0.29) is 37.1 Å². The van der Waals surface area contributed by atoms with E-state index >= 15 is 0 Å². The van der Waals surface area contributed by atoms with Crippen molar-refractivity contribution in [3.8, 4) is 5.75 Å². The van der Waals surface area contributed by atoms with Crippen LogP contribution in [0.2, 0.25) is 0 Å². The summed E-state index contributed by atoms with van der Waals surface area (Å²) in [7, 11) is 0. The summed E-state index contributed by atoms with van der Waals surface area (Å²) in [6, 6.07) is 24.0. The number of anilines is 1. The first kappa shape index (κ1) is 20.3. The Kier molecular flexibility index (Phi) is 6.08. The SMILES string of the molecule is O=C(CCN1C(=O)Cc2ccccc2C1=O)Nc1ccc(OCc2ccccc2)cc1. The number of carbonyl (C=O) groups excluding carboxylic acids is 3. The summed E-state index contributed by atoms with van der Waals surface area (Å²) in [6.07, 6.45) is 0.208. The van der Waals surface area contributed by atoms with Crippen molar-refractivity contribution in [2.75, 3.05) is 11.9 Å². The highest BCUT2D eigenvalue weighted by Crippen LogP contribution is 2.20. The van der Waals surface area contributed by atoms with Crippen molar-refractivity contribution in [1.29, 1.82) is 0 Å². The van der Waals surface area contributed by atoms with Gasteiger partial charge in [0.2, 0.25) is 11.8 Å². The van der Waals surface area contributed by atoms with Gasteiger partial charge in [-0.05, 0) is 41.5 Å². The maximum atomic E-state index is 12.6. The van der Waals surface area contributed by atoms with E-state index in [9.17, 15) is 14.4 Å². The number of rotatable bonds is 7. The molecule has 0 aromatic heterocycles. The largest absolute Gasteiger partial charge is 0.489 e. The molecule has 6 heteroatoms. The molecule has 3 amide bonds. The third-order valence-electron chi connectivity index (χ3n) is 5.08. The number of benzene rings is 3. The molecule has 0 saturated heterocycles. The Hall–Kier alpha value is -3.93. The van der Waals surface area contributed by atoms with Crippen LogP contribution in [0.5, 0.6) is 5.75 Å². The number of carbonyl (C=O) groups is 3. The Morgan fingerprint density at radius 2 is 1.61 bits per heavy atom. The van der Waals surface area contributed by atoms with Crippen molar-refractivity contribution in [2.24, 2.45) is 0 Å². The maximum Gasteiger partial charge on any atom is 0.260 e. The van der Waals surface area contributed by atoms with Gasteiger partial charge in [-0.1, -0.05) is 48.5 Å². The number of fused-ring (bicyclic) bond motifs is 1. The Balaban J connectivity index is 1.28. The van der Waals surface area contributed by atoms with Gasteiger partial charge < -0.3 is 10.1 Å². The molecule has 0 atom stereocenters. The lowest BCUT2D eigenvalue weighted by atomic mass is 9.98. The van der Waals surface area contributed by atoms with Crippen molar-refractivity contribution in [2.45, 2.75) is 19.4 Å². The molecule has 0 fully saturated rings. The van der Waals surface area contributed by atoms with Crippen LogP contribution in [0.15, 0.2) is 78.9 Å². The second-order valence-corrected chi connectivity index (χ2v) is 7.28. The Morgan fingerprint density at radius 3 is 2.39 bits per heavy atom. The van der Waals surface area contributed by atoms with Gasteiger partial charge in [0.05, 0.1) is 6.42 Å². The molecule has 1 aliphatic rings. The molecule has 0 spiro atoms. The van der Waals surface area contributed by atoms with Gasteiger partial charge in [0.15, 0.2) is 0 Å². The van der Waals surface area contributed by atoms with Gasteiger partial charge >= 0.3 is 0 Å². The molecule has 0 bridgehead atoms. The lowest BCUT2D eigenvalue weighted by Crippen LogP contribution is -2.43. The summed E-state index contributed by atoms with van der Waals surface area (Å²) in [5.74, 6) is -0.196. The average molecular weight is 414 g/mol. The second kappa shape index (κ2) is 9.26. The first-order chi connectivity index (χ1) is 15.1. The highest BCUT2D eigenvalue weighted by molar-refractivity contribution is 6.10. The zero-order valence-electron chi connectivity index (χ0n) is 16.9. The molecule has 6 nitrogen and oxygen atoms in total. The van der Waals surface area contributed by atoms with E-state index in [1.807, 2.05) is 30.3 Å². The quantitative estimate of drug-likeness (QED) is 0.597. The van der Waals surface area contributed by atoms with Gasteiger partial charge in [0, 0.05) is 24.2 Å². The first-order valence-electron chi connectivity index (χ1n) is 10.1. The fraction of sp³-hybridized carbons (Fsp3) is 0.160. The molecule has 4 rings (SSSR count). The summed E-state index contributed by atoms with van der Waals surface area (Å²) in [5, 5.41) is 2.79. The summed E-state index contributed by atoms with van der Waals surface area (Å²) in [4.78, 5) is 38.3. The number of hydrogen-bond donors (Lipinski definition) is 1. The highest BCUT2D eigenvalue weighted by atomic mass is 16.5. The molecular formula is C25H22N2O4. The zero-order chi connectivity index (χ0) is 21.6. The van der Waals surface area contributed by atoms with Gasteiger partial charge in [-0.3, -0.25) is 19.3 Å². The van der Waals surface area contributed by atoms with Crippen molar-refractivity contribution >= 4 is 23.4 Å². The van der Waals surface area contributed by atoms with E-state index < -0.39 is 0 Å². The monoisotopic (exact) mass is 414 g/mol. The topological polar surface area (TPSA) is 75.7 Å². The van der Waals surface area contributed by atoms with Crippen LogP contribution in [-0.2, 0) is 22.6 Å². The highest BCUT2D eigenvalue weighted by Gasteiger charge is 2.30. The average Bonchev–Trinajstić information content (AvgIpc) is 2.79. The van der Waals surface area contributed by atoms with Crippen LogP contribution < -0.4 is 10.1 Å². The fourth-order valence-electron chi connectivity index (χ4n) is 3.44. The summed E-state index contributed by atoms with van der Waals surface area (Å²) in [6.45, 7) is 0.518. The van der Waals surface area contributed by atoms with E-state index in [1.54, 1.807) is 48.5 Å². The third kappa shape index (κ3) is 4.98. The van der Waals surface area contributed by atoms with Gasteiger partial charge in [-0.15, -0.1) is 0 Å². The van der Waals surface area contributed by atoms with Crippen LogP contribution >= 0.6 is 0 Å². The Morgan fingerprint density at radius 1 is 0.903 bits per heavy atom. The lowest BCUT2D eigenvalue weighted by molar-refractivity contribution is -0.128. The van der Waals surface area contributed by atoms with Crippen LogP contribution in [0.4, 0.5) is 5.69 Å². The minimum atomic E-state index is -0.348. The van der Waals surface area contributed by atoms with E-state index in [2.05, 4.69) is 5.32 Å². The standard InChI is InChI=1S/C25H22N2O4/c28-23(14-15-27-24(29)16-19-8-4-5-9-22(19)25(27)30)26-20-10-12-21(13-11-20)31-17-18-6-2-1-3-7-18/h1-13H,14-17H2,(H,26,28). The van der Waals surface area contributed by atoms with Gasteiger partial charge in [0.1, 0.15) is 12.4 Å². The van der Waals surface area contributed by atoms with Crippen LogP contribution in [0.3, 0.4) is 0 Å². The second-order valence-electron chi connectivity index (χ2n) is 7.28. The number of nitrogens with one attached hydrogen (secondary N) is 1. The van der Waals surface area contributed by atoms with Gasteiger partial charge in [-0.2, -0.15) is 0 Å². The van der Waals surface area contributed by atoms with E-state index in [0.717, 1.165) is 16.0 Å². The summed E-state index contributed by atoms with van der Waals surface area (Å²) >= 11 is 0. The van der Waals surface area contributed by atoms with Gasteiger partial charge in [-0.25, -0.2) is 0 Å². The molecule has 0 unspecified atom stereocenters. The predicted molar refractivity (Wildman–Crippen MR) is 117 cm³/mol. The zero-order valence-corrected chi connectivity index (χ0v) is 16.9. The van der Waals surface area contributed by atoms with Crippen molar-refractivity contribution < 1.29 is 19.1 Å². The first-order valence-corrected chi connectivity index (χ1v) is 10.1. The molecule has 0 saturated carbocycles. The Labute approximate surface area is 180 Å². The maximum absolute atomic E-state index is 12.6. The number of nitrogens with zero attached hydrogens (tertiary/aromatic N) is 1. The number of ether oxygens (including phenoxy) is 1. The number of hydrogen-bond acceptors (Lipinski definition) is 4. The third-order valence-corrected chi connectivity index (χ3v) is 5.08. The predicted octanol–water partition coefficient (Wildman–Crippen LogP) is 3.82. The molecule has 1 heterocycles. The van der Waals surface area contributed by atoms with Crippen molar-refractivity contribution in [3.63, 3.8) is 0 Å². The summed E-state index contributed by atoms with van der Waals surface area (Å²) < 4.78 is 5.74. The van der Waals surface area contributed by atoms with Crippen LogP contribution in [0.25, 0.3) is 0 Å². The summed E-state index contributed by atoms with van der Waals surface area (Å²) in [5.41, 5.74) is 2.95. The van der Waals surface area contributed by atoms with E-state index in [4.69, 9.17) is 4.74 Å². The minimum absolute atomic E-state index is 0.0336. The van der Waals surface area contributed by atoms with Crippen molar-refractivity contribution in [3.05, 3.63) is 95.6 Å². The molecule has 1 N–H and O–H groups in total. The van der Waals surface area contributed by atoms with Crippen molar-refractivity contribution in [1.82, 2.24) is 4.90 Å². The van der Waals surface area contributed by atoms with Crippen LogP contribution in [-0.4, -0.2) is 29.2 Å². The molecule has 156 valence electrons. The fourth-order valence-corrected chi connectivity index (χ4v) is 3.44. The molecule has 3 aromatic rings. The van der Waals surface area contributed by atoms with E-state index in [1.165, 1.54) is 0 Å². The smallest absolute Gasteiger partial charge is 0.260 e. The van der Waals surface area contributed by atoms with Crippen LogP contribution in [0, 0.1) is 0 Å². The van der Waals surface area contributed by atoms with E-state index in [0.29, 0.717) is 23.6 Å². The molecule has 0 aliphatic carbocycles. The van der Waals surface area contributed by atoms with Crippen LogP contribution in [0.1, 0.15) is 27.9 Å². The molecule has 0 radical (unpaired) electrons. The molecular weight excluding hydrogens is 392 g/mol. The normalized spacial score (nSPS) is 13.0.